The number of H-pyrrole nitrogens is 1. The fourth-order valence-electron chi connectivity index (χ4n) is 4.30. The number of amides is 2. The number of anilines is 1. The maximum atomic E-state index is 13.0. The van der Waals surface area contributed by atoms with E-state index in [1.54, 1.807) is 47.4 Å². The third-order valence-electron chi connectivity index (χ3n) is 6.10. The van der Waals surface area contributed by atoms with Gasteiger partial charge in [-0.2, -0.15) is 5.26 Å². The molecule has 1 aliphatic heterocycles. The largest absolute Gasteiger partial charge is 0.457 e. The normalized spacial score (nSPS) is 15.1. The van der Waals surface area contributed by atoms with Crippen LogP contribution in [-0.4, -0.2) is 33.2 Å². The summed E-state index contributed by atoms with van der Waals surface area (Å²) in [5.74, 6) is 0.620. The summed E-state index contributed by atoms with van der Waals surface area (Å²) in [6, 6.07) is 21.5. The minimum absolute atomic E-state index is 0.259. The first-order valence-corrected chi connectivity index (χ1v) is 11.4. The lowest BCUT2D eigenvalue weighted by Crippen LogP contribution is -2.39. The molecule has 0 unspecified atom stereocenters. The molecule has 0 spiro atoms. The average molecular weight is 466 g/mol. The maximum absolute atomic E-state index is 13.0. The molecule has 8 nitrogen and oxygen atoms in total. The second-order valence-corrected chi connectivity index (χ2v) is 8.46. The Bertz CT molecular complexity index is 1420. The number of benzene rings is 3. The Morgan fingerprint density at radius 3 is 2.63 bits per heavy atom. The Morgan fingerprint density at radius 1 is 1.11 bits per heavy atom. The molecule has 4 aromatic rings. The number of likely N-dealkylation sites (tertiary alicyclic amines) is 1. The summed E-state index contributed by atoms with van der Waals surface area (Å²) in [5.41, 5.74) is 3.59. The summed E-state index contributed by atoms with van der Waals surface area (Å²) in [4.78, 5) is 35.4. The van der Waals surface area contributed by atoms with Crippen LogP contribution in [0, 0.1) is 18.3 Å². The Kier molecular flexibility index (Phi) is 5.90. The highest BCUT2D eigenvalue weighted by atomic mass is 16.5. The van der Waals surface area contributed by atoms with Crippen molar-refractivity contribution in [3.05, 3.63) is 83.7 Å². The topological polar surface area (TPSA) is 111 Å². The summed E-state index contributed by atoms with van der Waals surface area (Å²) < 4.78 is 5.83. The van der Waals surface area contributed by atoms with E-state index in [0.29, 0.717) is 35.1 Å². The smallest absolute Gasteiger partial charge is 0.313 e. The minimum Gasteiger partial charge on any atom is -0.457 e. The zero-order valence-corrected chi connectivity index (χ0v) is 19.1. The Labute approximate surface area is 202 Å². The molecular weight excluding hydrogens is 442 g/mol. The van der Waals surface area contributed by atoms with Crippen LogP contribution in [0.1, 0.15) is 35.8 Å². The van der Waals surface area contributed by atoms with Gasteiger partial charge in [-0.3, -0.25) is 9.59 Å². The lowest BCUT2D eigenvalue weighted by molar-refractivity contribution is -0.143. The number of carbonyl (C=O) groups excluding carboxylic acids is 2. The minimum atomic E-state index is -0.683. The molecule has 1 aliphatic rings. The predicted molar refractivity (Wildman–Crippen MR) is 131 cm³/mol. The fourth-order valence-corrected chi connectivity index (χ4v) is 4.30. The van der Waals surface area contributed by atoms with Crippen LogP contribution in [0.2, 0.25) is 0 Å². The highest BCUT2D eigenvalue weighted by molar-refractivity contribution is 6.39. The van der Waals surface area contributed by atoms with E-state index in [9.17, 15) is 9.59 Å². The first-order valence-electron chi connectivity index (χ1n) is 11.4. The lowest BCUT2D eigenvalue weighted by Gasteiger charge is -2.22. The van der Waals surface area contributed by atoms with Crippen LogP contribution in [0.25, 0.3) is 11.0 Å². The van der Waals surface area contributed by atoms with Crippen molar-refractivity contribution in [3.63, 3.8) is 0 Å². The monoisotopic (exact) mass is 465 g/mol. The van der Waals surface area contributed by atoms with Crippen LogP contribution in [0.3, 0.4) is 0 Å². The first-order chi connectivity index (χ1) is 17.0. The van der Waals surface area contributed by atoms with Crippen LogP contribution in [0.15, 0.2) is 66.7 Å². The molecule has 3 aromatic carbocycles. The van der Waals surface area contributed by atoms with E-state index in [2.05, 4.69) is 21.4 Å². The number of hydrogen-bond donors (Lipinski definition) is 2. The van der Waals surface area contributed by atoms with Crippen molar-refractivity contribution in [2.45, 2.75) is 25.8 Å². The SMILES string of the molecule is Cc1cc(Oc2ccc(C#N)cc2)ccc1NC(=O)C(=O)N1CCC[C@H]1c1nc2ccccc2[nH]1. The maximum Gasteiger partial charge on any atom is 0.313 e. The fraction of sp³-hybridized carbons (Fsp3) is 0.185. The Hall–Kier alpha value is -4.64. The number of aryl methyl sites for hydroxylation is 1. The number of rotatable bonds is 4. The van der Waals surface area contributed by atoms with Gasteiger partial charge in [0.1, 0.15) is 17.3 Å². The molecule has 2 amide bonds. The number of aromatic amines is 1. The standard InChI is InChI=1S/C27H23N5O3/c1-17-15-20(35-19-10-8-18(16-28)9-11-19)12-13-21(17)31-26(33)27(34)32-14-4-7-24(32)25-29-22-5-2-3-6-23(22)30-25/h2-3,5-6,8-13,15,24H,4,7,14H2,1H3,(H,29,30)(H,31,33)/t24-/m0/s1. The van der Waals surface area contributed by atoms with Gasteiger partial charge in [-0.1, -0.05) is 12.1 Å². The van der Waals surface area contributed by atoms with Crippen molar-refractivity contribution in [1.82, 2.24) is 14.9 Å². The van der Waals surface area contributed by atoms with Gasteiger partial charge in [0.2, 0.25) is 0 Å². The number of imidazole rings is 1. The van der Waals surface area contributed by atoms with Crippen molar-refractivity contribution < 1.29 is 14.3 Å². The van der Waals surface area contributed by atoms with Crippen LogP contribution in [0.4, 0.5) is 5.69 Å². The molecule has 2 heterocycles. The number of para-hydroxylation sites is 2. The van der Waals surface area contributed by atoms with Gasteiger partial charge >= 0.3 is 11.8 Å². The number of ether oxygens (including phenoxy) is 1. The molecule has 2 N–H and O–H groups in total. The highest BCUT2D eigenvalue weighted by Crippen LogP contribution is 2.32. The summed E-state index contributed by atoms with van der Waals surface area (Å²) in [6.07, 6.45) is 1.56. The molecule has 0 aliphatic carbocycles. The predicted octanol–water partition coefficient (Wildman–Crippen LogP) is 4.84. The van der Waals surface area contributed by atoms with E-state index < -0.39 is 11.8 Å². The lowest BCUT2D eigenvalue weighted by atomic mass is 10.2. The second kappa shape index (κ2) is 9.31. The highest BCUT2D eigenvalue weighted by Gasteiger charge is 2.35. The molecule has 1 aromatic heterocycles. The van der Waals surface area contributed by atoms with Gasteiger partial charge in [-0.25, -0.2) is 4.98 Å². The molecule has 174 valence electrons. The number of fused-ring (bicyclic) bond motifs is 1. The average Bonchev–Trinajstić information content (AvgIpc) is 3.52. The summed E-state index contributed by atoms with van der Waals surface area (Å²) in [7, 11) is 0. The molecular formula is C27H23N5O3. The van der Waals surface area contributed by atoms with Crippen LogP contribution in [-0.2, 0) is 9.59 Å². The van der Waals surface area contributed by atoms with Gasteiger partial charge in [0.15, 0.2) is 0 Å². The molecule has 0 bridgehead atoms. The van der Waals surface area contributed by atoms with Crippen LogP contribution < -0.4 is 10.1 Å². The number of hydrogen-bond acceptors (Lipinski definition) is 5. The van der Waals surface area contributed by atoms with Gasteiger partial charge in [0.05, 0.1) is 28.7 Å². The zero-order chi connectivity index (χ0) is 24.4. The van der Waals surface area contributed by atoms with Gasteiger partial charge in [-0.15, -0.1) is 0 Å². The van der Waals surface area contributed by atoms with E-state index in [0.717, 1.165) is 29.4 Å². The molecule has 0 saturated carbocycles. The van der Waals surface area contributed by atoms with Gasteiger partial charge in [0.25, 0.3) is 0 Å². The Balaban J connectivity index is 1.27. The van der Waals surface area contributed by atoms with Crippen molar-refractivity contribution in [2.75, 3.05) is 11.9 Å². The van der Waals surface area contributed by atoms with Gasteiger partial charge in [-0.05, 0) is 79.9 Å². The third-order valence-corrected chi connectivity index (χ3v) is 6.10. The van der Waals surface area contributed by atoms with E-state index in [4.69, 9.17) is 10.00 Å². The number of nitriles is 1. The van der Waals surface area contributed by atoms with E-state index >= 15 is 0 Å². The molecule has 5 rings (SSSR count). The zero-order valence-electron chi connectivity index (χ0n) is 19.1. The number of nitrogens with one attached hydrogen (secondary N) is 2. The quantitative estimate of drug-likeness (QED) is 0.419. The third kappa shape index (κ3) is 4.57. The number of carbonyl (C=O) groups is 2. The Morgan fingerprint density at radius 2 is 1.89 bits per heavy atom. The van der Waals surface area contributed by atoms with E-state index in [-0.39, 0.29) is 6.04 Å². The molecule has 8 heteroatoms. The van der Waals surface area contributed by atoms with Crippen LogP contribution in [0.5, 0.6) is 11.5 Å². The molecule has 35 heavy (non-hydrogen) atoms. The molecule has 1 saturated heterocycles. The van der Waals surface area contributed by atoms with Crippen molar-refractivity contribution in [1.29, 1.82) is 5.26 Å². The summed E-state index contributed by atoms with van der Waals surface area (Å²) in [5, 5.41) is 11.7. The first kappa shape index (κ1) is 22.2. The summed E-state index contributed by atoms with van der Waals surface area (Å²) in [6.45, 7) is 2.34. The van der Waals surface area contributed by atoms with E-state index in [1.165, 1.54) is 0 Å². The number of nitrogens with zero attached hydrogens (tertiary/aromatic N) is 3. The van der Waals surface area contributed by atoms with Crippen molar-refractivity contribution in [3.8, 4) is 17.6 Å². The molecule has 0 radical (unpaired) electrons. The van der Waals surface area contributed by atoms with Crippen molar-refractivity contribution >= 4 is 28.5 Å². The molecule has 1 atom stereocenters. The second-order valence-electron chi connectivity index (χ2n) is 8.46. The molecule has 1 fully saturated rings. The van der Waals surface area contributed by atoms with Gasteiger partial charge in [0, 0.05) is 12.2 Å². The van der Waals surface area contributed by atoms with Gasteiger partial charge < -0.3 is 19.9 Å². The van der Waals surface area contributed by atoms with Crippen LogP contribution >= 0.6 is 0 Å². The number of aromatic nitrogens is 2. The summed E-state index contributed by atoms with van der Waals surface area (Å²) >= 11 is 0. The van der Waals surface area contributed by atoms with Crippen molar-refractivity contribution in [2.24, 2.45) is 0 Å². The van der Waals surface area contributed by atoms with E-state index in [1.807, 2.05) is 31.2 Å².